The van der Waals surface area contributed by atoms with Crippen LogP contribution < -0.4 is 18.1 Å². The molecule has 176 valence electrons. The summed E-state index contributed by atoms with van der Waals surface area (Å²) < 4.78 is 0.763. The van der Waals surface area contributed by atoms with Crippen LogP contribution in [0.25, 0.3) is 0 Å². The summed E-state index contributed by atoms with van der Waals surface area (Å²) in [4.78, 5) is 10.4. The zero-order chi connectivity index (χ0) is 21.7. The third-order valence-electron chi connectivity index (χ3n) is 5.01. The van der Waals surface area contributed by atoms with Crippen LogP contribution in [0.3, 0.4) is 0 Å². The van der Waals surface area contributed by atoms with E-state index in [1.807, 2.05) is 6.08 Å². The first-order chi connectivity index (χ1) is 13.3. The first-order valence-corrected chi connectivity index (χ1v) is 11.4. The molecule has 0 saturated heterocycles. The van der Waals surface area contributed by atoms with Crippen LogP contribution in [-0.2, 0) is 4.79 Å². The summed E-state index contributed by atoms with van der Waals surface area (Å²) >= 11 is 0. The minimum absolute atomic E-state index is 0. The van der Waals surface area contributed by atoms with Gasteiger partial charge in [-0.3, -0.25) is 4.79 Å². The Bertz CT molecular complexity index is 370. The molecule has 1 amide bonds. The zero-order valence-electron chi connectivity index (χ0n) is 19.4. The van der Waals surface area contributed by atoms with Crippen LogP contribution in [0.1, 0.15) is 90.9 Å². The number of amides is 1. The highest BCUT2D eigenvalue weighted by Gasteiger charge is 2.23. The minimum Gasteiger partial charge on any atom is -1.00 e. The largest absolute Gasteiger partial charge is 1.00 e. The Labute approximate surface area is 186 Å². The first-order valence-electron chi connectivity index (χ1n) is 11.4. The van der Waals surface area contributed by atoms with Crippen LogP contribution in [0.15, 0.2) is 12.7 Å². The van der Waals surface area contributed by atoms with Gasteiger partial charge in [0.2, 0.25) is 5.91 Å². The molecule has 2 atom stereocenters. The predicted octanol–water partition coefficient (Wildman–Crippen LogP) is 1.17. The van der Waals surface area contributed by atoms with Gasteiger partial charge in [0.05, 0.1) is 26.7 Å². The Balaban J connectivity index is -0.000000451. The van der Waals surface area contributed by atoms with Crippen molar-refractivity contribution in [2.45, 2.75) is 97.0 Å². The number of hydrogen-bond donors (Lipinski definition) is 3. The number of nitrogens with zero attached hydrogens (tertiary/aromatic N) is 1. The summed E-state index contributed by atoms with van der Waals surface area (Å²) in [5.41, 5.74) is 5.05. The molecule has 6 heteroatoms. The van der Waals surface area contributed by atoms with E-state index in [2.05, 4.69) is 27.5 Å². The molecule has 0 aliphatic rings. The van der Waals surface area contributed by atoms with Crippen molar-refractivity contribution in [3.05, 3.63) is 12.7 Å². The Morgan fingerprint density at radius 1 is 1.00 bits per heavy atom. The van der Waals surface area contributed by atoms with Gasteiger partial charge in [0.15, 0.2) is 0 Å². The normalized spacial score (nSPS) is 13.4. The van der Waals surface area contributed by atoms with Crippen molar-refractivity contribution in [3.8, 4) is 0 Å². The van der Waals surface area contributed by atoms with Crippen molar-refractivity contribution in [2.75, 3.05) is 33.3 Å². The summed E-state index contributed by atoms with van der Waals surface area (Å²) in [6.45, 7) is 10.4. The van der Waals surface area contributed by atoms with Crippen LogP contribution in [0, 0.1) is 0 Å². The molecular formula is C23H49ClN2O3. The minimum atomic E-state index is -0.614. The quantitative estimate of drug-likeness (QED) is 0.171. The number of aliphatic hydroxyl groups is 2. The molecule has 0 aromatic carbocycles. The number of nitrogens with two attached hydrogens (primary N) is 1. The molecule has 0 spiro atoms. The molecule has 4 N–H and O–H groups in total. The number of rotatable bonds is 18. The molecule has 0 fully saturated rings. The van der Waals surface area contributed by atoms with E-state index in [1.165, 1.54) is 44.9 Å². The summed E-state index contributed by atoms with van der Waals surface area (Å²) in [5, 5.41) is 18.2. The maximum atomic E-state index is 10.4. The molecule has 0 saturated carbocycles. The average Bonchev–Trinajstić information content (AvgIpc) is 2.65. The number of quaternary nitrogens is 1. The second-order valence-electron chi connectivity index (χ2n) is 8.23. The fourth-order valence-electron chi connectivity index (χ4n) is 3.29. The molecule has 0 rings (SSSR count). The van der Waals surface area contributed by atoms with E-state index in [0.29, 0.717) is 13.0 Å². The molecule has 0 aromatic rings. The van der Waals surface area contributed by atoms with Gasteiger partial charge in [-0.1, -0.05) is 78.2 Å². The second kappa shape index (κ2) is 23.7. The van der Waals surface area contributed by atoms with E-state index in [0.717, 1.165) is 43.3 Å². The van der Waals surface area contributed by atoms with Gasteiger partial charge in [-0.25, -0.2) is 0 Å². The van der Waals surface area contributed by atoms with Gasteiger partial charge in [0, 0.05) is 6.42 Å². The summed E-state index contributed by atoms with van der Waals surface area (Å²) in [5.74, 6) is -0.159. The fourth-order valence-corrected chi connectivity index (χ4v) is 3.29. The lowest BCUT2D eigenvalue weighted by Crippen LogP contribution is -3.00. The smallest absolute Gasteiger partial charge is 0.217 e. The van der Waals surface area contributed by atoms with Crippen molar-refractivity contribution in [1.82, 2.24) is 0 Å². The molecule has 0 radical (unpaired) electrons. The molecule has 5 nitrogen and oxygen atoms in total. The van der Waals surface area contributed by atoms with Gasteiger partial charge >= 0.3 is 0 Å². The molecule has 0 heterocycles. The molecule has 0 bridgehead atoms. The van der Waals surface area contributed by atoms with Gasteiger partial charge in [-0.05, 0) is 18.9 Å². The predicted molar refractivity (Wildman–Crippen MR) is 120 cm³/mol. The number of hydrogen-bond acceptors (Lipinski definition) is 3. The molecular weight excluding hydrogens is 388 g/mol. The lowest BCUT2D eigenvalue weighted by Gasteiger charge is -2.35. The number of likely N-dealkylation sites (N-methyl/N-ethyl adjacent to an activating group) is 1. The number of carbonyl (C=O) groups is 1. The van der Waals surface area contributed by atoms with Crippen molar-refractivity contribution in [3.63, 3.8) is 0 Å². The van der Waals surface area contributed by atoms with Crippen molar-refractivity contribution in [1.29, 1.82) is 0 Å². The highest BCUT2D eigenvalue weighted by molar-refractivity contribution is 5.73. The summed E-state index contributed by atoms with van der Waals surface area (Å²) in [7, 11) is 2.09. The summed E-state index contributed by atoms with van der Waals surface area (Å²) in [6.07, 6.45) is 15.7. The van der Waals surface area contributed by atoms with Gasteiger partial charge in [-0.15, -0.1) is 0 Å². The van der Waals surface area contributed by atoms with Crippen LogP contribution in [-0.4, -0.2) is 60.0 Å². The van der Waals surface area contributed by atoms with Crippen LogP contribution >= 0.6 is 0 Å². The molecule has 2 unspecified atom stereocenters. The lowest BCUT2D eigenvalue weighted by atomic mass is 10.1. The number of carbonyl (C=O) groups excluding carboxylic acids is 1. The van der Waals surface area contributed by atoms with E-state index >= 15 is 0 Å². The van der Waals surface area contributed by atoms with E-state index in [4.69, 9.17) is 10.8 Å². The Hall–Kier alpha value is -0.620. The Morgan fingerprint density at radius 3 is 1.90 bits per heavy atom. The van der Waals surface area contributed by atoms with Gasteiger partial charge in [0.1, 0.15) is 12.6 Å². The molecule has 29 heavy (non-hydrogen) atoms. The maximum Gasteiger partial charge on any atom is 0.217 e. The third kappa shape index (κ3) is 25.3. The maximum absolute atomic E-state index is 10.4. The van der Waals surface area contributed by atoms with Gasteiger partial charge in [0.25, 0.3) is 0 Å². The van der Waals surface area contributed by atoms with Crippen LogP contribution in [0.4, 0.5) is 0 Å². The third-order valence-corrected chi connectivity index (χ3v) is 5.01. The lowest BCUT2D eigenvalue weighted by molar-refractivity contribution is -0.907. The average molecular weight is 437 g/mol. The number of primary amides is 1. The topological polar surface area (TPSA) is 83.6 Å². The highest BCUT2D eigenvalue weighted by atomic mass is 35.5. The van der Waals surface area contributed by atoms with E-state index in [-0.39, 0.29) is 24.9 Å². The first kappa shape index (κ1) is 33.0. The van der Waals surface area contributed by atoms with Crippen LogP contribution in [0.2, 0.25) is 0 Å². The molecule has 0 aromatic heterocycles. The SMILES string of the molecule is C=CC[N+](C)(CCCC)CC(O)CO.CCCCCCCCCCCC(N)=O.[Cl-]. The standard InChI is InChI=1S/C12H25NO.C11H24NO2.ClH/c1-2-3-4-5-6-7-8-9-10-11-12(13)14;1-4-6-8-12(3,7-5-2)9-11(14)10-13;/h2-11H2,1H3,(H2,13,14);5,11,13-14H,2,4,6-10H2,1,3H3;1H/q;+1;/p-1. The Morgan fingerprint density at radius 2 is 1.48 bits per heavy atom. The number of halogens is 1. The van der Waals surface area contributed by atoms with Crippen molar-refractivity contribution in [2.24, 2.45) is 5.73 Å². The monoisotopic (exact) mass is 436 g/mol. The number of aliphatic hydroxyl groups excluding tert-OH is 2. The molecule has 0 aliphatic heterocycles. The molecule has 0 aliphatic carbocycles. The summed E-state index contributed by atoms with van der Waals surface area (Å²) in [6, 6.07) is 0. The highest BCUT2D eigenvalue weighted by Crippen LogP contribution is 2.10. The van der Waals surface area contributed by atoms with E-state index < -0.39 is 6.10 Å². The van der Waals surface area contributed by atoms with E-state index in [9.17, 15) is 9.90 Å². The number of unbranched alkanes of at least 4 members (excludes halogenated alkanes) is 9. The fraction of sp³-hybridized carbons (Fsp3) is 0.870. The van der Waals surface area contributed by atoms with Gasteiger partial charge in [-0.2, -0.15) is 0 Å². The second-order valence-corrected chi connectivity index (χ2v) is 8.23. The van der Waals surface area contributed by atoms with Crippen molar-refractivity contribution < 1.29 is 31.9 Å². The zero-order valence-corrected chi connectivity index (χ0v) is 20.1. The van der Waals surface area contributed by atoms with Gasteiger partial charge < -0.3 is 32.8 Å². The Kier molecular flexibility index (Phi) is 26.9. The van der Waals surface area contributed by atoms with Crippen molar-refractivity contribution >= 4 is 5.91 Å². The van der Waals surface area contributed by atoms with E-state index in [1.54, 1.807) is 0 Å². The van der Waals surface area contributed by atoms with Crippen LogP contribution in [0.5, 0.6) is 0 Å².